The van der Waals surface area contributed by atoms with Crippen LogP contribution in [0.15, 0.2) is 23.1 Å². The summed E-state index contributed by atoms with van der Waals surface area (Å²) in [4.78, 5) is 19.6. The number of carbonyl (C=O) groups excluding carboxylic acids is 1. The van der Waals surface area contributed by atoms with Crippen LogP contribution in [0.1, 0.15) is 24.0 Å². The fourth-order valence-electron chi connectivity index (χ4n) is 4.41. The Labute approximate surface area is 193 Å². The predicted molar refractivity (Wildman–Crippen MR) is 127 cm³/mol. The van der Waals surface area contributed by atoms with E-state index in [2.05, 4.69) is 22.2 Å². The quantitative estimate of drug-likeness (QED) is 0.580. The number of hydrogen-bond acceptors (Lipinski definition) is 6. The molecular weight excluding hydrogens is 426 g/mol. The van der Waals surface area contributed by atoms with Crippen molar-refractivity contribution in [3.63, 3.8) is 0 Å². The summed E-state index contributed by atoms with van der Waals surface area (Å²) < 4.78 is 28.6. The van der Waals surface area contributed by atoms with Crippen LogP contribution in [0.4, 0.5) is 0 Å². The summed E-state index contributed by atoms with van der Waals surface area (Å²) in [6.07, 6.45) is 0.980. The highest BCUT2D eigenvalue weighted by Gasteiger charge is 2.28. The van der Waals surface area contributed by atoms with Crippen molar-refractivity contribution < 1.29 is 13.2 Å². The second kappa shape index (κ2) is 11.6. The number of aryl methyl sites for hydroxylation is 2. The molecule has 1 aromatic rings. The average Bonchev–Trinajstić information content (AvgIpc) is 2.77. The van der Waals surface area contributed by atoms with Crippen LogP contribution in [0.2, 0.25) is 0 Å². The molecule has 2 heterocycles. The topological polar surface area (TPSA) is 76.2 Å². The number of benzene rings is 1. The number of hydrogen-bond donors (Lipinski definition) is 1. The largest absolute Gasteiger partial charge is 0.340 e. The van der Waals surface area contributed by atoms with Crippen molar-refractivity contribution in [1.29, 1.82) is 0 Å². The molecule has 2 aliphatic heterocycles. The summed E-state index contributed by atoms with van der Waals surface area (Å²) in [5, 5.41) is 3.24. The van der Waals surface area contributed by atoms with Crippen molar-refractivity contribution >= 4 is 15.9 Å². The number of nitrogens with one attached hydrogen (secondary N) is 1. The molecule has 0 bridgehead atoms. The Bertz CT molecular complexity index is 862. The van der Waals surface area contributed by atoms with Crippen LogP contribution in [-0.4, -0.2) is 112 Å². The number of sulfonamides is 1. The van der Waals surface area contributed by atoms with E-state index in [-0.39, 0.29) is 18.9 Å². The van der Waals surface area contributed by atoms with Crippen LogP contribution in [-0.2, 0) is 14.8 Å². The summed E-state index contributed by atoms with van der Waals surface area (Å²) in [5.41, 5.74) is 1.79. The summed E-state index contributed by atoms with van der Waals surface area (Å²) in [6, 6.07) is 5.45. The molecular formula is C23H39N5O3S. The van der Waals surface area contributed by atoms with Gasteiger partial charge in [0, 0.05) is 71.9 Å². The van der Waals surface area contributed by atoms with Gasteiger partial charge < -0.3 is 20.0 Å². The zero-order valence-corrected chi connectivity index (χ0v) is 20.7. The van der Waals surface area contributed by atoms with E-state index in [1.54, 1.807) is 6.07 Å². The van der Waals surface area contributed by atoms with E-state index in [1.165, 1.54) is 4.31 Å². The minimum absolute atomic E-state index is 0.0337. The lowest BCUT2D eigenvalue weighted by atomic mass is 10.2. The minimum Gasteiger partial charge on any atom is -0.340 e. The van der Waals surface area contributed by atoms with Crippen LogP contribution >= 0.6 is 0 Å². The van der Waals surface area contributed by atoms with Gasteiger partial charge in [-0.1, -0.05) is 17.7 Å². The first-order valence-corrected chi connectivity index (χ1v) is 13.2. The molecule has 0 atom stereocenters. The zero-order chi connectivity index (χ0) is 23.1. The van der Waals surface area contributed by atoms with Gasteiger partial charge in [-0.2, -0.15) is 4.31 Å². The second-order valence-corrected chi connectivity index (χ2v) is 11.0. The van der Waals surface area contributed by atoms with Gasteiger partial charge in [-0.25, -0.2) is 8.42 Å². The van der Waals surface area contributed by atoms with Crippen LogP contribution < -0.4 is 5.32 Å². The third kappa shape index (κ3) is 6.74. The third-order valence-corrected chi connectivity index (χ3v) is 8.53. The normalized spacial score (nSPS) is 18.9. The molecule has 8 nitrogen and oxygen atoms in total. The molecule has 3 rings (SSSR count). The van der Waals surface area contributed by atoms with E-state index < -0.39 is 10.0 Å². The first kappa shape index (κ1) is 25.1. The molecule has 1 N–H and O–H groups in total. The molecule has 0 saturated carbocycles. The molecule has 0 spiro atoms. The van der Waals surface area contributed by atoms with Crippen molar-refractivity contribution in [1.82, 2.24) is 24.3 Å². The molecule has 2 fully saturated rings. The van der Waals surface area contributed by atoms with E-state index in [9.17, 15) is 13.2 Å². The lowest BCUT2D eigenvalue weighted by molar-refractivity contribution is -0.131. The molecule has 0 radical (unpaired) electrons. The first-order chi connectivity index (χ1) is 15.3. The van der Waals surface area contributed by atoms with Crippen molar-refractivity contribution in [3.05, 3.63) is 29.3 Å². The maximum atomic E-state index is 13.5. The summed E-state index contributed by atoms with van der Waals surface area (Å²) in [6.45, 7) is 12.4. The number of nitrogens with zero attached hydrogens (tertiary/aromatic N) is 4. The predicted octanol–water partition coefficient (Wildman–Crippen LogP) is 0.754. The van der Waals surface area contributed by atoms with E-state index >= 15 is 0 Å². The lowest BCUT2D eigenvalue weighted by Crippen LogP contribution is -2.47. The van der Waals surface area contributed by atoms with Gasteiger partial charge in [0.2, 0.25) is 15.9 Å². The van der Waals surface area contributed by atoms with Gasteiger partial charge in [-0.15, -0.1) is 0 Å². The molecule has 1 amide bonds. The van der Waals surface area contributed by atoms with Crippen molar-refractivity contribution in [3.8, 4) is 0 Å². The maximum Gasteiger partial charge on any atom is 0.243 e. The Morgan fingerprint density at radius 3 is 2.38 bits per heavy atom. The Morgan fingerprint density at radius 2 is 1.72 bits per heavy atom. The highest BCUT2D eigenvalue weighted by atomic mass is 32.2. The van der Waals surface area contributed by atoms with Gasteiger partial charge in [-0.05, 0) is 45.5 Å². The average molecular weight is 466 g/mol. The summed E-state index contributed by atoms with van der Waals surface area (Å²) in [5.74, 6) is 0.0337. The Balaban J connectivity index is 1.67. The van der Waals surface area contributed by atoms with Gasteiger partial charge in [0.05, 0.1) is 4.90 Å². The monoisotopic (exact) mass is 465 g/mol. The summed E-state index contributed by atoms with van der Waals surface area (Å²) >= 11 is 0. The first-order valence-electron chi connectivity index (χ1n) is 11.7. The van der Waals surface area contributed by atoms with Crippen LogP contribution in [0.3, 0.4) is 0 Å². The number of piperazine rings is 2. The SMILES string of the molecule is Cc1ccc(S(=O)(=O)N(CCCN2CCN(C)CC2)CCC(=O)N2CCNCC2)c(C)c1. The van der Waals surface area contributed by atoms with E-state index in [1.807, 2.05) is 30.9 Å². The Hall–Kier alpha value is -1.52. The molecule has 0 unspecified atom stereocenters. The van der Waals surface area contributed by atoms with Crippen molar-refractivity contribution in [2.45, 2.75) is 31.6 Å². The molecule has 1 aromatic carbocycles. The van der Waals surface area contributed by atoms with E-state index in [0.717, 1.165) is 63.4 Å². The van der Waals surface area contributed by atoms with Crippen LogP contribution in [0.25, 0.3) is 0 Å². The molecule has 9 heteroatoms. The van der Waals surface area contributed by atoms with Crippen LogP contribution in [0.5, 0.6) is 0 Å². The van der Waals surface area contributed by atoms with Crippen molar-refractivity contribution in [2.75, 3.05) is 79.0 Å². The van der Waals surface area contributed by atoms with E-state index in [4.69, 9.17) is 0 Å². The smallest absolute Gasteiger partial charge is 0.243 e. The third-order valence-electron chi connectivity index (χ3n) is 6.47. The highest BCUT2D eigenvalue weighted by Crippen LogP contribution is 2.22. The van der Waals surface area contributed by atoms with Gasteiger partial charge >= 0.3 is 0 Å². The molecule has 0 aliphatic carbocycles. The highest BCUT2D eigenvalue weighted by molar-refractivity contribution is 7.89. The van der Waals surface area contributed by atoms with Gasteiger partial charge in [-0.3, -0.25) is 4.79 Å². The standard InChI is InChI=1S/C23H39N5O3S/c1-20-5-6-22(21(2)19-20)32(30,31)28(11-4-10-26-17-15-25(3)16-18-26)12-7-23(29)27-13-8-24-9-14-27/h5-6,19,24H,4,7-18H2,1-3H3. The minimum atomic E-state index is -3.66. The van der Waals surface area contributed by atoms with Crippen LogP contribution in [0, 0.1) is 13.8 Å². The Morgan fingerprint density at radius 1 is 1.03 bits per heavy atom. The van der Waals surface area contributed by atoms with Gasteiger partial charge in [0.25, 0.3) is 0 Å². The molecule has 2 saturated heterocycles. The number of rotatable bonds is 9. The second-order valence-electron chi connectivity index (χ2n) is 9.05. The zero-order valence-electron chi connectivity index (χ0n) is 19.8. The number of likely N-dealkylation sites (N-methyl/N-ethyl adjacent to an activating group) is 1. The van der Waals surface area contributed by atoms with Gasteiger partial charge in [0.1, 0.15) is 0 Å². The lowest BCUT2D eigenvalue weighted by Gasteiger charge is -2.33. The van der Waals surface area contributed by atoms with Gasteiger partial charge in [0.15, 0.2) is 0 Å². The fourth-order valence-corrected chi connectivity index (χ4v) is 6.10. The molecule has 0 aromatic heterocycles. The Kier molecular flexibility index (Phi) is 9.07. The van der Waals surface area contributed by atoms with E-state index in [0.29, 0.717) is 24.5 Å². The summed E-state index contributed by atoms with van der Waals surface area (Å²) in [7, 11) is -1.53. The van der Waals surface area contributed by atoms with Crippen molar-refractivity contribution in [2.24, 2.45) is 0 Å². The maximum absolute atomic E-state index is 13.5. The number of amides is 1. The number of carbonyl (C=O) groups is 1. The molecule has 32 heavy (non-hydrogen) atoms. The molecule has 180 valence electrons. The fraction of sp³-hybridized carbons (Fsp3) is 0.696. The molecule has 2 aliphatic rings.